The van der Waals surface area contributed by atoms with Crippen LogP contribution < -0.4 is 19.6 Å². The molecule has 6 aliphatic carbocycles. The van der Waals surface area contributed by atoms with Crippen LogP contribution in [-0.4, -0.2) is 44.9 Å². The van der Waals surface area contributed by atoms with Crippen molar-refractivity contribution in [1.82, 2.24) is 44.9 Å². The monoisotopic (exact) mass is 1700 g/mol. The Labute approximate surface area is 767 Å². The van der Waals surface area contributed by atoms with E-state index in [-0.39, 0.29) is 0 Å². The summed E-state index contributed by atoms with van der Waals surface area (Å²) in [7, 11) is 0. The van der Waals surface area contributed by atoms with E-state index >= 15 is 0 Å². The highest BCUT2D eigenvalue weighted by Gasteiger charge is 2.29. The summed E-state index contributed by atoms with van der Waals surface area (Å²) in [6, 6.07) is 87.8. The van der Waals surface area contributed by atoms with E-state index in [0.29, 0.717) is 53.0 Å². The fourth-order valence-electron chi connectivity index (χ4n) is 22.3. The number of aromatic nitrogens is 9. The van der Waals surface area contributed by atoms with Gasteiger partial charge in [0.1, 0.15) is 34.9 Å². The third-order valence-corrected chi connectivity index (χ3v) is 29.6. The molecule has 0 radical (unpaired) electrons. The number of pyridine rings is 9. The molecule has 6 aromatic carbocycles. The largest absolute Gasteiger partial charge is 0.295 e. The van der Waals surface area contributed by atoms with Crippen LogP contribution in [0.15, 0.2) is 311 Å². The molecule has 6 aliphatic rings. The van der Waals surface area contributed by atoms with Crippen molar-refractivity contribution in [3.63, 3.8) is 0 Å². The van der Waals surface area contributed by atoms with Gasteiger partial charge < -0.3 is 0 Å². The molecule has 6 saturated carbocycles. The van der Waals surface area contributed by atoms with Gasteiger partial charge >= 0.3 is 0 Å². The van der Waals surface area contributed by atoms with E-state index in [9.17, 15) is 0 Å². The van der Waals surface area contributed by atoms with Gasteiger partial charge in [0.15, 0.2) is 0 Å². The average Bonchev–Trinajstić information content (AvgIpc) is 0.827. The maximum Gasteiger partial charge on any atom is 0.139 e. The average molecular weight is 1710 g/mol. The van der Waals surface area contributed by atoms with Crippen molar-refractivity contribution in [3.05, 3.63) is 344 Å². The Morgan fingerprint density at radius 3 is 0.492 bits per heavy atom. The molecule has 0 saturated heterocycles. The molecule has 0 amide bonds. The molecule has 0 atom stereocenters. The van der Waals surface area contributed by atoms with Crippen molar-refractivity contribution >= 4 is 69.0 Å². The van der Waals surface area contributed by atoms with Crippen LogP contribution in [0.2, 0.25) is 0 Å². The zero-order chi connectivity index (χ0) is 86.7. The lowest BCUT2D eigenvalue weighted by atomic mass is 9.84. The molecule has 0 aliphatic heterocycles. The van der Waals surface area contributed by atoms with Crippen molar-refractivity contribution in [2.24, 2.45) is 0 Å². The first-order valence-corrected chi connectivity index (χ1v) is 48.9. The van der Waals surface area contributed by atoms with Crippen LogP contribution in [0.5, 0.6) is 0 Å². The van der Waals surface area contributed by atoms with Gasteiger partial charge in [-0.3, -0.25) is 34.6 Å². The SMILES string of the molecule is c1cc(-c2ccc(N(c3ccc(C4CCCCC4)cc3)c3ccc(C4CCCCC4)cc3)nc2)c(-c2ccc(N(c3ccc(-c4cnccc4-c4ccc(N(c5ccc(C6CCCCC6)cc5)c5ccc(C6CCCCC6)cc5)nc4)cn3)c3ccc(-c4cnccc4-c4ccc(N(c5ccc(C6CCCCC6)cc5)c5ccc(C6CCCCC6)cc5)nc4)cn3)nc2)cn1. The molecular formula is C117H117N13. The van der Waals surface area contributed by atoms with Crippen LogP contribution in [-0.2, 0) is 0 Å². The van der Waals surface area contributed by atoms with Crippen LogP contribution in [0.1, 0.15) is 262 Å². The number of hydrogen-bond acceptors (Lipinski definition) is 13. The Balaban J connectivity index is 0.595. The molecule has 15 aromatic rings. The van der Waals surface area contributed by atoms with E-state index in [2.05, 4.69) is 251 Å². The first-order valence-electron chi connectivity index (χ1n) is 48.9. The Morgan fingerprint density at radius 2 is 0.323 bits per heavy atom. The molecule has 13 heteroatoms. The quantitative estimate of drug-likeness (QED) is 0.0570. The predicted octanol–water partition coefficient (Wildman–Crippen LogP) is 32.4. The molecule has 0 bridgehead atoms. The van der Waals surface area contributed by atoms with E-state index in [1.54, 1.807) is 0 Å². The predicted molar refractivity (Wildman–Crippen MR) is 533 cm³/mol. The molecule has 9 aromatic heterocycles. The molecule has 6 fully saturated rings. The molecule has 0 unspecified atom stereocenters. The highest BCUT2D eigenvalue weighted by Crippen LogP contribution is 2.48. The zero-order valence-electron chi connectivity index (χ0n) is 74.9. The van der Waals surface area contributed by atoms with E-state index in [1.807, 2.05) is 79.3 Å². The van der Waals surface area contributed by atoms with E-state index < -0.39 is 0 Å². The summed E-state index contributed by atoms with van der Waals surface area (Å²) in [5.74, 6) is 8.18. The highest BCUT2D eigenvalue weighted by atomic mass is 15.3. The summed E-state index contributed by atoms with van der Waals surface area (Å²) in [5, 5.41) is 0. The minimum atomic E-state index is 0.621. The Hall–Kier alpha value is -13.1. The summed E-state index contributed by atoms with van der Waals surface area (Å²) in [4.78, 5) is 55.2. The first kappa shape index (κ1) is 83.8. The fraction of sp³-hybridized carbons (Fsp3) is 0.308. The van der Waals surface area contributed by atoms with Gasteiger partial charge in [-0.05, 0) is 326 Å². The standard InChI is InChI=1S/C117H117N13/c1-7-19-82(20-8-1)88-31-49-100(50-32-88)127(101-51-33-89(34-52-101)83-21-9-2-10-22-83)112-61-43-94(73-121-112)106-67-70-118-79-109(106)97-46-64-115(124-76-97)130(116-65-47-98(77-125-116)110-80-119-71-68-107(110)95-44-62-113(122-74-95)128(102-53-35-90(36-54-102)84-23-11-3-12-24-84)103-55-37-91(38-56-103)85-25-13-4-14-26-85)117-66-48-99(78-126-117)111-81-120-72-69-108(111)96-45-63-114(123-75-96)129(104-57-39-92(40-58-104)86-27-15-5-16-28-86)105-59-41-93(42-60-105)87-29-17-6-18-30-87/h31-87H,1-30H2. The van der Waals surface area contributed by atoms with Gasteiger partial charge in [0.05, 0.1) is 0 Å². The van der Waals surface area contributed by atoms with Crippen LogP contribution in [0.4, 0.5) is 69.0 Å². The van der Waals surface area contributed by atoms with Gasteiger partial charge in [0.2, 0.25) is 0 Å². The van der Waals surface area contributed by atoms with Gasteiger partial charge in [-0.15, -0.1) is 0 Å². The van der Waals surface area contributed by atoms with Crippen molar-refractivity contribution in [2.75, 3.05) is 19.6 Å². The molecule has 0 spiro atoms. The second kappa shape index (κ2) is 39.4. The summed E-state index contributed by atoms with van der Waals surface area (Å²) >= 11 is 0. The maximum atomic E-state index is 5.35. The highest BCUT2D eigenvalue weighted by molar-refractivity contribution is 5.89. The summed E-state index contributed by atoms with van der Waals surface area (Å²) in [5.41, 5.74) is 26.6. The Bertz CT molecular complexity index is 5420. The lowest BCUT2D eigenvalue weighted by Crippen LogP contribution is -2.14. The Kier molecular flexibility index (Phi) is 25.4. The van der Waals surface area contributed by atoms with Gasteiger partial charge in [0.25, 0.3) is 0 Å². The molecule has 650 valence electrons. The van der Waals surface area contributed by atoms with Crippen molar-refractivity contribution in [1.29, 1.82) is 0 Å². The van der Waals surface area contributed by atoms with Gasteiger partial charge in [-0.1, -0.05) is 188 Å². The molecule has 13 nitrogen and oxygen atoms in total. The lowest BCUT2D eigenvalue weighted by molar-refractivity contribution is 0.443. The normalized spacial score (nSPS) is 16.4. The summed E-state index contributed by atoms with van der Waals surface area (Å²) in [6.07, 6.45) is 62.1. The number of anilines is 12. The smallest absolute Gasteiger partial charge is 0.139 e. The van der Waals surface area contributed by atoms with E-state index in [0.717, 1.165) is 118 Å². The molecule has 130 heavy (non-hydrogen) atoms. The van der Waals surface area contributed by atoms with Crippen LogP contribution in [0.25, 0.3) is 66.8 Å². The maximum absolute atomic E-state index is 5.35. The first-order chi connectivity index (χ1) is 64.4. The second-order valence-electron chi connectivity index (χ2n) is 37.6. The van der Waals surface area contributed by atoms with Gasteiger partial charge in [0, 0.05) is 159 Å². The molecule has 21 rings (SSSR count). The lowest BCUT2D eigenvalue weighted by Gasteiger charge is -2.27. The third-order valence-electron chi connectivity index (χ3n) is 29.6. The van der Waals surface area contributed by atoms with E-state index in [4.69, 9.17) is 44.9 Å². The van der Waals surface area contributed by atoms with Crippen LogP contribution in [0, 0.1) is 0 Å². The van der Waals surface area contributed by atoms with E-state index in [1.165, 1.54) is 226 Å². The van der Waals surface area contributed by atoms with Crippen molar-refractivity contribution in [2.45, 2.75) is 228 Å². The van der Waals surface area contributed by atoms with Crippen molar-refractivity contribution in [3.8, 4) is 66.8 Å². The topological polar surface area (TPSA) is 129 Å². The molecule has 0 N–H and O–H groups in total. The van der Waals surface area contributed by atoms with Crippen LogP contribution in [0.3, 0.4) is 0 Å². The third kappa shape index (κ3) is 18.5. The minimum absolute atomic E-state index is 0.621. The zero-order valence-corrected chi connectivity index (χ0v) is 74.9. The van der Waals surface area contributed by atoms with Gasteiger partial charge in [-0.2, -0.15) is 0 Å². The number of rotatable bonds is 24. The van der Waals surface area contributed by atoms with Crippen LogP contribution >= 0.6 is 0 Å². The molecular weight excluding hydrogens is 1590 g/mol. The number of hydrogen-bond donors (Lipinski definition) is 0. The molecule has 9 heterocycles. The second-order valence-corrected chi connectivity index (χ2v) is 37.6. The summed E-state index contributed by atoms with van der Waals surface area (Å²) < 4.78 is 0. The number of nitrogens with zero attached hydrogens (tertiary/aromatic N) is 13. The minimum Gasteiger partial charge on any atom is -0.295 e. The number of benzene rings is 6. The fourth-order valence-corrected chi connectivity index (χ4v) is 22.3. The summed E-state index contributed by atoms with van der Waals surface area (Å²) in [6.45, 7) is 0. The van der Waals surface area contributed by atoms with Crippen molar-refractivity contribution < 1.29 is 0 Å². The Morgan fingerprint density at radius 1 is 0.154 bits per heavy atom. The van der Waals surface area contributed by atoms with Gasteiger partial charge in [-0.25, -0.2) is 29.9 Å².